The monoisotopic (exact) mass is 442 g/mol. The summed E-state index contributed by atoms with van der Waals surface area (Å²) in [6.45, 7) is 0. The molecule has 0 N–H and O–H groups in total. The minimum absolute atomic E-state index is 0.354. The van der Waals surface area contributed by atoms with Crippen LogP contribution in [0.25, 0.3) is 0 Å². The Morgan fingerprint density at radius 2 is 0.857 bits per heavy atom. The fraction of sp³-hybridized carbons (Fsp3) is 0.0769. The Labute approximate surface area is 176 Å². The van der Waals surface area contributed by atoms with Gasteiger partial charge in [-0.15, -0.1) is 0 Å². The molecule has 0 fully saturated rings. The summed E-state index contributed by atoms with van der Waals surface area (Å²) < 4.78 is 3.07. The molecule has 2 heteroatoms. The first-order chi connectivity index (χ1) is 13.9. The van der Waals surface area contributed by atoms with Gasteiger partial charge in [-0.3, -0.25) is 0 Å². The van der Waals surface area contributed by atoms with Crippen molar-refractivity contribution in [1.29, 1.82) is 0 Å². The Morgan fingerprint density at radius 3 is 1.39 bits per heavy atom. The molecule has 0 spiro atoms. The molecule has 2 aliphatic rings. The summed E-state index contributed by atoms with van der Waals surface area (Å²) in [7, 11) is 0. The molecular formula is C26H18SSe. The molecule has 0 aromatic heterocycles. The molecule has 0 radical (unpaired) electrons. The second-order valence-electron chi connectivity index (χ2n) is 7.31. The van der Waals surface area contributed by atoms with Crippen molar-refractivity contribution in [2.45, 2.75) is 21.6 Å². The van der Waals surface area contributed by atoms with Gasteiger partial charge in [0.2, 0.25) is 0 Å². The van der Waals surface area contributed by atoms with Crippen LogP contribution in [0.2, 0.25) is 0 Å². The van der Waals surface area contributed by atoms with Gasteiger partial charge in [0.25, 0.3) is 0 Å². The maximum absolute atomic E-state index is 2.37. The van der Waals surface area contributed by atoms with E-state index in [0.717, 1.165) is 0 Å². The first-order valence-electron chi connectivity index (χ1n) is 9.61. The number of rotatable bonds is 1. The summed E-state index contributed by atoms with van der Waals surface area (Å²) in [5.74, 6) is 0.721. The van der Waals surface area contributed by atoms with E-state index in [1.165, 1.54) is 41.0 Å². The molecule has 4 aromatic rings. The molecule has 4 aromatic carbocycles. The van der Waals surface area contributed by atoms with Gasteiger partial charge >= 0.3 is 177 Å². The molecule has 0 unspecified atom stereocenters. The van der Waals surface area contributed by atoms with Crippen molar-refractivity contribution in [1.82, 2.24) is 0 Å². The zero-order chi connectivity index (χ0) is 18.5. The Kier molecular flexibility index (Phi) is 3.97. The van der Waals surface area contributed by atoms with Crippen LogP contribution in [0.1, 0.15) is 34.1 Å². The number of hydrogen-bond acceptors (Lipinski definition) is 1. The molecule has 0 saturated carbocycles. The van der Waals surface area contributed by atoms with Crippen molar-refractivity contribution in [2.24, 2.45) is 0 Å². The van der Waals surface area contributed by atoms with Gasteiger partial charge in [0.05, 0.1) is 0 Å². The van der Waals surface area contributed by atoms with Crippen LogP contribution < -0.4 is 8.92 Å². The average molecular weight is 441 g/mol. The second kappa shape index (κ2) is 6.67. The summed E-state index contributed by atoms with van der Waals surface area (Å²) in [6, 6.07) is 36.2. The predicted molar refractivity (Wildman–Crippen MR) is 119 cm³/mol. The molecule has 2 heterocycles. The van der Waals surface area contributed by atoms with Gasteiger partial charge in [-0.05, 0) is 0 Å². The predicted octanol–water partition coefficient (Wildman–Crippen LogP) is 5.08. The van der Waals surface area contributed by atoms with E-state index < -0.39 is 0 Å². The van der Waals surface area contributed by atoms with Crippen molar-refractivity contribution in [2.75, 3.05) is 0 Å². The van der Waals surface area contributed by atoms with Crippen LogP contribution in [0.5, 0.6) is 0 Å². The molecule has 0 saturated heterocycles. The maximum atomic E-state index is 2.37. The fourth-order valence-electron chi connectivity index (χ4n) is 4.61. The molecule has 0 aliphatic carbocycles. The van der Waals surface area contributed by atoms with Gasteiger partial charge in [-0.2, -0.15) is 0 Å². The summed E-state index contributed by atoms with van der Waals surface area (Å²) in [5.41, 5.74) is 5.97. The number of hydrogen-bond donors (Lipinski definition) is 0. The summed E-state index contributed by atoms with van der Waals surface area (Å²) in [4.78, 5) is 2.80. The van der Waals surface area contributed by atoms with E-state index in [-0.39, 0.29) is 0 Å². The molecule has 0 bridgehead atoms. The fourth-order valence-corrected chi connectivity index (χ4v) is 8.19. The van der Waals surface area contributed by atoms with Crippen molar-refractivity contribution in [3.8, 4) is 0 Å². The quantitative estimate of drug-likeness (QED) is 0.371. The Bertz CT molecular complexity index is 1010. The number of benzene rings is 4. The molecule has 6 rings (SSSR count). The van der Waals surface area contributed by atoms with Gasteiger partial charge in [0.1, 0.15) is 0 Å². The van der Waals surface area contributed by atoms with Crippen LogP contribution >= 0.6 is 11.8 Å². The topological polar surface area (TPSA) is 0 Å². The van der Waals surface area contributed by atoms with Crippen LogP contribution in [0.15, 0.2) is 107 Å². The minimum atomic E-state index is 0.354. The van der Waals surface area contributed by atoms with Crippen molar-refractivity contribution in [3.63, 3.8) is 0 Å². The van der Waals surface area contributed by atoms with Crippen molar-refractivity contribution in [3.05, 3.63) is 119 Å². The Balaban J connectivity index is 1.66. The third-order valence-electron chi connectivity index (χ3n) is 5.79. The van der Waals surface area contributed by atoms with Crippen LogP contribution in [0, 0.1) is 0 Å². The summed E-state index contributed by atoms with van der Waals surface area (Å²) in [5, 5.41) is 0. The zero-order valence-electron chi connectivity index (χ0n) is 15.2. The Morgan fingerprint density at radius 1 is 0.464 bits per heavy atom. The number of fused-ring (bicyclic) bond motifs is 4. The molecule has 28 heavy (non-hydrogen) atoms. The van der Waals surface area contributed by atoms with Crippen LogP contribution in [-0.4, -0.2) is 15.0 Å². The van der Waals surface area contributed by atoms with Gasteiger partial charge in [0, 0.05) is 0 Å². The van der Waals surface area contributed by atoms with E-state index in [4.69, 9.17) is 0 Å². The SMILES string of the molecule is c1ccc2c(c1)Sc1ccccc1C2C1c2ccccc2[Se]c2ccccc21. The van der Waals surface area contributed by atoms with Crippen LogP contribution in [0.4, 0.5) is 0 Å². The molecule has 0 amide bonds. The van der Waals surface area contributed by atoms with Gasteiger partial charge in [-0.25, -0.2) is 0 Å². The van der Waals surface area contributed by atoms with Crippen LogP contribution in [-0.2, 0) is 0 Å². The summed E-state index contributed by atoms with van der Waals surface area (Å²) >= 11 is 2.30. The second-order valence-corrected chi connectivity index (χ2v) is 10.7. The first-order valence-corrected chi connectivity index (χ1v) is 12.1. The van der Waals surface area contributed by atoms with Crippen LogP contribution in [0.3, 0.4) is 0 Å². The van der Waals surface area contributed by atoms with Gasteiger partial charge in [0.15, 0.2) is 0 Å². The van der Waals surface area contributed by atoms with Gasteiger partial charge in [-0.1, -0.05) is 0 Å². The molecule has 0 atom stereocenters. The molecule has 0 nitrogen and oxygen atoms in total. The van der Waals surface area contributed by atoms with Gasteiger partial charge < -0.3 is 0 Å². The molecular weight excluding hydrogens is 423 g/mol. The Hall–Kier alpha value is -2.25. The standard InChI is InChI=1S/C26H18SSe/c1-5-13-21-17(9-1)25(18-10-2-6-14-22(18)27-21)26-19-11-3-7-15-23(19)28-24-16-8-4-12-20(24)26/h1-16,25-26H. The van der Waals surface area contributed by atoms with E-state index >= 15 is 0 Å². The van der Waals surface area contributed by atoms with Crippen molar-refractivity contribution >= 4 is 35.6 Å². The molecule has 134 valence electrons. The van der Waals surface area contributed by atoms with Crippen molar-refractivity contribution < 1.29 is 0 Å². The third kappa shape index (κ3) is 2.53. The average Bonchev–Trinajstić information content (AvgIpc) is 2.76. The van der Waals surface area contributed by atoms with E-state index in [9.17, 15) is 0 Å². The first kappa shape index (κ1) is 16.7. The molecule has 2 aliphatic heterocycles. The third-order valence-corrected chi connectivity index (χ3v) is 9.46. The zero-order valence-corrected chi connectivity index (χ0v) is 17.7. The van der Waals surface area contributed by atoms with E-state index in [0.29, 0.717) is 26.8 Å². The van der Waals surface area contributed by atoms with E-state index in [1.807, 2.05) is 11.8 Å². The normalized spacial score (nSPS) is 15.3. The van der Waals surface area contributed by atoms with E-state index in [2.05, 4.69) is 97.1 Å². The summed E-state index contributed by atoms with van der Waals surface area (Å²) in [6.07, 6.45) is 0. The van der Waals surface area contributed by atoms with E-state index in [1.54, 1.807) is 0 Å².